The Hall–Kier alpha value is -3.24. The molecule has 1 aliphatic heterocycles. The molecule has 176 valence electrons. The average molecular weight is 481 g/mol. The summed E-state index contributed by atoms with van der Waals surface area (Å²) in [5.41, 5.74) is 7.77. The third kappa shape index (κ3) is 3.76. The molecule has 3 heterocycles. The highest BCUT2D eigenvalue weighted by molar-refractivity contribution is 7.17. The number of fused-ring (bicyclic) bond motifs is 3. The third-order valence-corrected chi connectivity index (χ3v) is 7.86. The van der Waals surface area contributed by atoms with Crippen molar-refractivity contribution in [1.82, 2.24) is 9.97 Å². The number of benzene rings is 1. The summed E-state index contributed by atoms with van der Waals surface area (Å²) in [6.45, 7) is 2.44. The van der Waals surface area contributed by atoms with Gasteiger partial charge in [0.25, 0.3) is 0 Å². The van der Waals surface area contributed by atoms with E-state index in [2.05, 4.69) is 27.8 Å². The van der Waals surface area contributed by atoms with Gasteiger partial charge in [-0.15, -0.1) is 11.3 Å². The van der Waals surface area contributed by atoms with Crippen LogP contribution in [0.15, 0.2) is 41.8 Å². The number of ether oxygens (including phenoxy) is 1. The molecule has 0 spiro atoms. The first-order valence-electron chi connectivity index (χ1n) is 11.5. The first-order valence-corrected chi connectivity index (χ1v) is 12.3. The molecule has 0 unspecified atom stereocenters. The number of primary amides is 1. The molecule has 1 saturated carbocycles. The van der Waals surface area contributed by atoms with Crippen molar-refractivity contribution < 1.29 is 13.9 Å². The third-order valence-electron chi connectivity index (χ3n) is 6.95. The van der Waals surface area contributed by atoms with Gasteiger partial charge in [0, 0.05) is 24.8 Å². The van der Waals surface area contributed by atoms with Gasteiger partial charge < -0.3 is 26.0 Å². The van der Waals surface area contributed by atoms with Gasteiger partial charge in [-0.2, -0.15) is 4.98 Å². The number of nitrogens with one attached hydrogen (secondary N) is 2. The van der Waals surface area contributed by atoms with E-state index in [1.165, 1.54) is 6.07 Å². The molecule has 8 nitrogen and oxygen atoms in total. The Labute approximate surface area is 200 Å². The van der Waals surface area contributed by atoms with Crippen LogP contribution in [0.3, 0.4) is 0 Å². The summed E-state index contributed by atoms with van der Waals surface area (Å²) in [5.74, 6) is 0.687. The van der Waals surface area contributed by atoms with Crippen molar-refractivity contribution in [1.29, 1.82) is 0 Å². The van der Waals surface area contributed by atoms with Gasteiger partial charge in [-0.05, 0) is 47.9 Å². The quantitative estimate of drug-likeness (QED) is 0.464. The fraction of sp³-hybridized carbons (Fsp3) is 0.375. The van der Waals surface area contributed by atoms with Crippen LogP contribution in [-0.4, -0.2) is 48.2 Å². The minimum absolute atomic E-state index is 0.0979. The Morgan fingerprint density at radius 3 is 2.82 bits per heavy atom. The molecule has 2 bridgehead atoms. The van der Waals surface area contributed by atoms with Crippen molar-refractivity contribution in [2.45, 2.75) is 12.5 Å². The molecule has 4 N–H and O–H groups in total. The number of hydrogen-bond donors (Lipinski definition) is 3. The smallest absolute Gasteiger partial charge is 0.229 e. The number of carbonyl (C=O) groups excluding carboxylic acids is 1. The second-order valence-electron chi connectivity index (χ2n) is 8.97. The molecular formula is C24H25FN6O2S. The van der Waals surface area contributed by atoms with E-state index in [4.69, 9.17) is 15.5 Å². The molecule has 3 aliphatic rings. The van der Waals surface area contributed by atoms with Crippen molar-refractivity contribution in [3.8, 4) is 0 Å². The first-order chi connectivity index (χ1) is 16.6. The normalized spacial score (nSPS) is 25.7. The standard InChI is InChI=1S/C24H25FN6O2S/c25-16-4-3-15(12-18(16)31-6-8-33-9-7-31)27-24-28-17-5-10-34-21(17)23(30-24)29-20-14-2-1-13(11-14)19(20)22(26)32/h1-5,10,12-14,19-20H,6-9,11H2,(H2,26,32)(H2,27,28,29,30)/t13-,14+,19+,20-/m1/s1. The predicted octanol–water partition coefficient (Wildman–Crippen LogP) is 3.50. The van der Waals surface area contributed by atoms with Crippen LogP contribution < -0.4 is 21.3 Å². The monoisotopic (exact) mass is 480 g/mol. The summed E-state index contributed by atoms with van der Waals surface area (Å²) in [5, 5.41) is 8.72. The van der Waals surface area contributed by atoms with Gasteiger partial charge in [0.1, 0.15) is 11.6 Å². The summed E-state index contributed by atoms with van der Waals surface area (Å²) < 4.78 is 20.8. The summed E-state index contributed by atoms with van der Waals surface area (Å²) >= 11 is 1.55. The number of nitrogens with zero attached hydrogens (tertiary/aromatic N) is 3. The lowest BCUT2D eigenvalue weighted by molar-refractivity contribution is -0.122. The van der Waals surface area contributed by atoms with Crippen LogP contribution in [0, 0.1) is 23.6 Å². The summed E-state index contributed by atoms with van der Waals surface area (Å²) in [6, 6.07) is 6.75. The van der Waals surface area contributed by atoms with E-state index in [-0.39, 0.29) is 35.5 Å². The molecule has 4 atom stereocenters. The topological polar surface area (TPSA) is 105 Å². The van der Waals surface area contributed by atoms with Crippen LogP contribution in [0.1, 0.15) is 6.42 Å². The van der Waals surface area contributed by atoms with Gasteiger partial charge in [0.05, 0.1) is 35.0 Å². The van der Waals surface area contributed by atoms with Gasteiger partial charge in [-0.3, -0.25) is 4.79 Å². The summed E-state index contributed by atoms with van der Waals surface area (Å²) in [7, 11) is 0. The number of anilines is 4. The number of amides is 1. The average Bonchev–Trinajstić information content (AvgIpc) is 3.57. The largest absolute Gasteiger partial charge is 0.378 e. The van der Waals surface area contributed by atoms with Crippen LogP contribution in [0.25, 0.3) is 10.2 Å². The van der Waals surface area contributed by atoms with Gasteiger partial charge in [-0.25, -0.2) is 9.37 Å². The Morgan fingerprint density at radius 2 is 2.00 bits per heavy atom. The van der Waals surface area contributed by atoms with E-state index >= 15 is 0 Å². The molecular weight excluding hydrogens is 455 g/mol. The lowest BCUT2D eigenvalue weighted by Crippen LogP contribution is -2.41. The molecule has 2 aliphatic carbocycles. The predicted molar refractivity (Wildman–Crippen MR) is 131 cm³/mol. The molecule has 0 radical (unpaired) electrons. The van der Waals surface area contributed by atoms with Crippen molar-refractivity contribution in [2.24, 2.45) is 23.5 Å². The molecule has 34 heavy (non-hydrogen) atoms. The van der Waals surface area contributed by atoms with Crippen molar-refractivity contribution in [3.05, 3.63) is 47.6 Å². The zero-order valence-electron chi connectivity index (χ0n) is 18.4. The van der Waals surface area contributed by atoms with Crippen molar-refractivity contribution in [3.63, 3.8) is 0 Å². The molecule has 1 amide bonds. The second-order valence-corrected chi connectivity index (χ2v) is 9.88. The summed E-state index contributed by atoms with van der Waals surface area (Å²) in [6.07, 6.45) is 5.20. The first kappa shape index (κ1) is 21.3. The summed E-state index contributed by atoms with van der Waals surface area (Å²) in [4.78, 5) is 23.5. The van der Waals surface area contributed by atoms with E-state index in [1.54, 1.807) is 23.5 Å². The Balaban J connectivity index is 1.30. The Morgan fingerprint density at radius 1 is 1.18 bits per heavy atom. The number of allylic oxidation sites excluding steroid dienone is 1. The number of aromatic nitrogens is 2. The van der Waals surface area contributed by atoms with E-state index in [0.717, 1.165) is 16.6 Å². The molecule has 6 rings (SSSR count). The van der Waals surface area contributed by atoms with Crippen molar-refractivity contribution >= 4 is 50.6 Å². The van der Waals surface area contributed by atoms with E-state index in [0.29, 0.717) is 49.4 Å². The molecule has 1 saturated heterocycles. The van der Waals surface area contributed by atoms with Gasteiger partial charge in [0.15, 0.2) is 0 Å². The maximum atomic E-state index is 14.5. The fourth-order valence-electron chi connectivity index (χ4n) is 5.35. The highest BCUT2D eigenvalue weighted by Crippen LogP contribution is 2.45. The number of halogens is 1. The number of hydrogen-bond acceptors (Lipinski definition) is 8. The van der Waals surface area contributed by atoms with Crippen molar-refractivity contribution in [2.75, 3.05) is 41.8 Å². The van der Waals surface area contributed by atoms with E-state index in [9.17, 15) is 9.18 Å². The van der Waals surface area contributed by atoms with Gasteiger partial charge in [-0.1, -0.05) is 12.2 Å². The number of carbonyl (C=O) groups is 1. The lowest BCUT2D eigenvalue weighted by Gasteiger charge is -2.29. The Bertz CT molecular complexity index is 1270. The van der Waals surface area contributed by atoms with Crippen LogP contribution >= 0.6 is 11.3 Å². The molecule has 10 heteroatoms. The lowest BCUT2D eigenvalue weighted by atomic mass is 9.88. The molecule has 2 aromatic heterocycles. The highest BCUT2D eigenvalue weighted by atomic mass is 32.1. The fourth-order valence-corrected chi connectivity index (χ4v) is 6.13. The zero-order valence-corrected chi connectivity index (χ0v) is 19.2. The van der Waals surface area contributed by atoms with Crippen LogP contribution in [0.5, 0.6) is 0 Å². The van der Waals surface area contributed by atoms with Crippen LogP contribution in [0.2, 0.25) is 0 Å². The van der Waals surface area contributed by atoms with Gasteiger partial charge in [0.2, 0.25) is 11.9 Å². The SMILES string of the molecule is NC(=O)[C@@H]1[C@H](Nc2nc(Nc3ccc(F)c(N4CCOCC4)c3)nc3ccsc23)[C@H]2C=C[C@@H]1C2. The highest BCUT2D eigenvalue weighted by Gasteiger charge is 2.47. The minimum atomic E-state index is -0.286. The maximum Gasteiger partial charge on any atom is 0.229 e. The Kier molecular flexibility index (Phi) is 5.34. The second kappa shape index (κ2) is 8.52. The van der Waals surface area contributed by atoms with E-state index < -0.39 is 0 Å². The van der Waals surface area contributed by atoms with Crippen LogP contribution in [-0.2, 0) is 9.53 Å². The van der Waals surface area contributed by atoms with Gasteiger partial charge >= 0.3 is 0 Å². The maximum absolute atomic E-state index is 14.5. The number of morpholine rings is 1. The number of nitrogens with two attached hydrogens (primary N) is 1. The molecule has 3 aromatic rings. The molecule has 2 fully saturated rings. The zero-order chi connectivity index (χ0) is 23.2. The minimum Gasteiger partial charge on any atom is -0.378 e. The molecule has 1 aromatic carbocycles. The number of thiophene rings is 1. The van der Waals surface area contributed by atoms with E-state index in [1.807, 2.05) is 16.3 Å². The number of rotatable bonds is 6. The van der Waals surface area contributed by atoms with Crippen LogP contribution in [0.4, 0.5) is 27.5 Å².